The molecule has 0 radical (unpaired) electrons. The van der Waals surface area contributed by atoms with Gasteiger partial charge in [-0.15, -0.1) is 0 Å². The second kappa shape index (κ2) is 15.6. The molecule has 262 valence electrons. The zero-order chi connectivity index (χ0) is 35.9. The third kappa shape index (κ3) is 7.57. The summed E-state index contributed by atoms with van der Waals surface area (Å²) >= 11 is 0. The van der Waals surface area contributed by atoms with Crippen molar-refractivity contribution in [1.29, 1.82) is 0 Å². The predicted octanol–water partition coefficient (Wildman–Crippen LogP) is 4.55. The third-order valence-corrected chi connectivity index (χ3v) is 8.14. The molecule has 0 unspecified atom stereocenters. The van der Waals surface area contributed by atoms with Crippen molar-refractivity contribution in [1.82, 2.24) is 14.8 Å². The van der Waals surface area contributed by atoms with E-state index >= 15 is 4.39 Å². The highest BCUT2D eigenvalue weighted by molar-refractivity contribution is 6.50. The number of morpholine rings is 1. The average Bonchev–Trinajstić information content (AvgIpc) is 3.14. The number of rotatable bonds is 11. The maximum absolute atomic E-state index is 15.4. The Morgan fingerprint density at radius 1 is 0.961 bits per heavy atom. The number of ether oxygens (including phenoxy) is 4. The first-order chi connectivity index (χ1) is 24.8. The van der Waals surface area contributed by atoms with Crippen molar-refractivity contribution < 1.29 is 42.1 Å². The van der Waals surface area contributed by atoms with Gasteiger partial charge in [-0.1, -0.05) is 12.1 Å². The molecule has 0 bridgehead atoms. The normalized spacial score (nSPS) is 14.9. The van der Waals surface area contributed by atoms with Crippen molar-refractivity contribution in [2.45, 2.75) is 6.42 Å². The van der Waals surface area contributed by atoms with Gasteiger partial charge in [-0.3, -0.25) is 14.7 Å². The number of carbonyl (C=O) groups excluding carboxylic acids is 3. The predicted molar refractivity (Wildman–Crippen MR) is 183 cm³/mol. The van der Waals surface area contributed by atoms with Gasteiger partial charge in [0.2, 0.25) is 5.82 Å². The number of halogens is 2. The van der Waals surface area contributed by atoms with Crippen LogP contribution in [0.1, 0.15) is 6.42 Å². The number of methoxy groups -OCH3 is 1. The highest BCUT2D eigenvalue weighted by atomic mass is 19.1. The zero-order valence-electron chi connectivity index (χ0n) is 27.7. The molecule has 13 nitrogen and oxygen atoms in total. The van der Waals surface area contributed by atoms with Crippen molar-refractivity contribution in [2.75, 3.05) is 63.9 Å². The van der Waals surface area contributed by atoms with Gasteiger partial charge in [-0.2, -0.15) is 5.10 Å². The molecule has 0 atom stereocenters. The third-order valence-electron chi connectivity index (χ3n) is 8.14. The molecule has 0 spiro atoms. The van der Waals surface area contributed by atoms with Gasteiger partial charge in [0.25, 0.3) is 5.91 Å². The number of hydrogen-bond acceptors (Lipinski definition) is 12. The van der Waals surface area contributed by atoms with E-state index in [1.165, 1.54) is 50.7 Å². The summed E-state index contributed by atoms with van der Waals surface area (Å²) in [6.07, 6.45) is 2.34. The largest absolute Gasteiger partial charge is 0.493 e. The Morgan fingerprint density at radius 3 is 2.49 bits per heavy atom. The van der Waals surface area contributed by atoms with Crippen LogP contribution < -0.4 is 24.5 Å². The highest BCUT2D eigenvalue weighted by Crippen LogP contribution is 2.38. The van der Waals surface area contributed by atoms with Crippen LogP contribution in [0.4, 0.5) is 20.2 Å². The number of nitrogens with zero attached hydrogens (tertiary/aromatic N) is 5. The van der Waals surface area contributed by atoms with Crippen LogP contribution in [0.25, 0.3) is 10.9 Å². The molecule has 2 aliphatic rings. The minimum atomic E-state index is -0.953. The van der Waals surface area contributed by atoms with Crippen molar-refractivity contribution >= 4 is 45.8 Å². The molecule has 2 aliphatic heterocycles. The summed E-state index contributed by atoms with van der Waals surface area (Å²) in [5, 5.41) is 7.91. The first-order valence-corrected chi connectivity index (χ1v) is 15.9. The number of fused-ring (bicyclic) bond motifs is 1. The number of hydrogen-bond donors (Lipinski definition) is 1. The van der Waals surface area contributed by atoms with Gasteiger partial charge in [-0.25, -0.2) is 23.4 Å². The quantitative estimate of drug-likeness (QED) is 0.175. The number of hydrazone groups is 1. The van der Waals surface area contributed by atoms with E-state index in [0.717, 1.165) is 61.3 Å². The molecular weight excluding hydrogens is 666 g/mol. The lowest BCUT2D eigenvalue weighted by Gasteiger charge is -2.32. The lowest BCUT2D eigenvalue weighted by Crippen LogP contribution is -2.43. The smallest absolute Gasteiger partial charge is 0.279 e. The van der Waals surface area contributed by atoms with E-state index in [1.54, 1.807) is 30.1 Å². The van der Waals surface area contributed by atoms with Crippen molar-refractivity contribution in [2.24, 2.45) is 5.10 Å². The average molecular weight is 699 g/mol. The Bertz CT molecular complexity index is 2090. The second-order valence-electron chi connectivity index (χ2n) is 11.3. The zero-order valence-corrected chi connectivity index (χ0v) is 27.7. The van der Waals surface area contributed by atoms with Gasteiger partial charge in [-0.05, 0) is 42.8 Å². The standard InChI is InChI=1S/C36H32F2N6O7/c1-42-29(21-45)35(41-44(34(42)22-46)28-7-4-3-6-25(28)37)36(47)40-23-8-9-31(26(38)18-23)51-30-10-11-39-27-20-33(32(48-2)19-24(27)30)50-15-5-12-43-13-16-49-17-14-43/h3-4,6-11,18-20H,5,12-17H2,1-2H3,(H,40,47). The molecule has 1 saturated heterocycles. The van der Waals surface area contributed by atoms with E-state index in [0.29, 0.717) is 34.8 Å². The van der Waals surface area contributed by atoms with Gasteiger partial charge < -0.3 is 29.2 Å². The van der Waals surface area contributed by atoms with Crippen LogP contribution in [-0.2, 0) is 19.1 Å². The minimum Gasteiger partial charge on any atom is -0.493 e. The highest BCUT2D eigenvalue weighted by Gasteiger charge is 2.34. The lowest BCUT2D eigenvalue weighted by molar-refractivity contribution is -0.110. The van der Waals surface area contributed by atoms with E-state index in [1.807, 2.05) is 0 Å². The maximum Gasteiger partial charge on any atom is 0.279 e. The Kier molecular flexibility index (Phi) is 10.6. The number of amides is 1. The van der Waals surface area contributed by atoms with Crippen molar-refractivity contribution in [3.63, 3.8) is 0 Å². The fraction of sp³-hybridized carbons (Fsp3) is 0.250. The summed E-state index contributed by atoms with van der Waals surface area (Å²) in [5.41, 5.74) is -0.565. The number of aromatic nitrogens is 1. The van der Waals surface area contributed by atoms with Gasteiger partial charge in [0.05, 0.1) is 32.4 Å². The van der Waals surface area contributed by atoms with Crippen LogP contribution in [0.2, 0.25) is 0 Å². The molecular formula is C36H32F2N6O7. The van der Waals surface area contributed by atoms with Gasteiger partial charge in [0.1, 0.15) is 17.3 Å². The number of pyridine rings is 1. The summed E-state index contributed by atoms with van der Waals surface area (Å²) in [6.45, 7) is 4.63. The molecule has 1 N–H and O–H groups in total. The van der Waals surface area contributed by atoms with Gasteiger partial charge >= 0.3 is 0 Å². The molecule has 3 heterocycles. The minimum absolute atomic E-state index is 0.00807. The van der Waals surface area contributed by atoms with Crippen LogP contribution in [0.5, 0.6) is 23.0 Å². The van der Waals surface area contributed by atoms with Crippen LogP contribution in [0.15, 0.2) is 83.5 Å². The number of carbonyl (C=O) groups is 1. The summed E-state index contributed by atoms with van der Waals surface area (Å²) in [7, 11) is 2.81. The molecule has 1 fully saturated rings. The Hall–Kier alpha value is -6.11. The fourth-order valence-corrected chi connectivity index (χ4v) is 5.53. The van der Waals surface area contributed by atoms with E-state index in [4.69, 9.17) is 18.9 Å². The molecule has 51 heavy (non-hydrogen) atoms. The summed E-state index contributed by atoms with van der Waals surface area (Å²) in [6, 6.07) is 14.1. The SMILES string of the molecule is COc1cc2c(Oc3ccc(NC(=O)C4=NN(c5ccccc5F)C(=C=O)N(C)C4=C=O)cc3F)ccnc2cc1OCCCN1CCOCC1. The van der Waals surface area contributed by atoms with E-state index in [-0.39, 0.29) is 22.9 Å². The van der Waals surface area contributed by atoms with Crippen LogP contribution in [-0.4, -0.2) is 91.9 Å². The number of para-hydroxylation sites is 1. The summed E-state index contributed by atoms with van der Waals surface area (Å²) < 4.78 is 53.0. The van der Waals surface area contributed by atoms with Crippen LogP contribution in [0, 0.1) is 11.6 Å². The summed E-state index contributed by atoms with van der Waals surface area (Å²) in [5.74, 6) is 1.41. The number of nitrogens with one attached hydrogen (secondary N) is 1. The van der Waals surface area contributed by atoms with E-state index in [2.05, 4.69) is 20.3 Å². The van der Waals surface area contributed by atoms with Gasteiger partial charge in [0.15, 0.2) is 46.4 Å². The Morgan fingerprint density at radius 2 is 1.76 bits per heavy atom. The molecule has 1 aromatic heterocycles. The van der Waals surface area contributed by atoms with E-state index in [9.17, 15) is 18.8 Å². The first kappa shape index (κ1) is 34.7. The molecule has 3 aromatic carbocycles. The van der Waals surface area contributed by atoms with Crippen LogP contribution in [0.3, 0.4) is 0 Å². The second-order valence-corrected chi connectivity index (χ2v) is 11.3. The van der Waals surface area contributed by atoms with Gasteiger partial charge in [0, 0.05) is 56.1 Å². The first-order valence-electron chi connectivity index (χ1n) is 15.9. The molecule has 15 heteroatoms. The maximum atomic E-state index is 15.4. The van der Waals surface area contributed by atoms with E-state index < -0.39 is 29.0 Å². The van der Waals surface area contributed by atoms with Crippen LogP contribution >= 0.6 is 0 Å². The van der Waals surface area contributed by atoms with Crippen molar-refractivity contribution in [3.8, 4) is 23.0 Å². The monoisotopic (exact) mass is 698 g/mol. The molecule has 6 rings (SSSR count). The number of anilines is 2. The molecule has 4 aromatic rings. The number of benzene rings is 3. The Balaban J connectivity index is 1.18. The summed E-state index contributed by atoms with van der Waals surface area (Å²) in [4.78, 5) is 44.7. The molecule has 0 saturated carbocycles. The fourth-order valence-electron chi connectivity index (χ4n) is 5.53. The van der Waals surface area contributed by atoms with Crippen molar-refractivity contribution in [3.05, 3.63) is 90.0 Å². The molecule has 0 aliphatic carbocycles. The molecule has 1 amide bonds. The lowest BCUT2D eigenvalue weighted by atomic mass is 10.1. The topological polar surface area (TPSA) is 135 Å². The Labute approximate surface area is 290 Å².